The monoisotopic (exact) mass is 167 g/mol. The molecular formula is C4H9NO2S2. The van der Waals surface area contributed by atoms with Gasteiger partial charge in [0.2, 0.25) is 0 Å². The van der Waals surface area contributed by atoms with Gasteiger partial charge in [-0.1, -0.05) is 24.0 Å². The molecule has 1 atom stereocenters. The molecule has 5 heteroatoms. The second-order valence-corrected chi connectivity index (χ2v) is 3.23. The minimum Gasteiger partial charge on any atom is -0.394 e. The van der Waals surface area contributed by atoms with Crippen LogP contribution in [0, 0.1) is 0 Å². The van der Waals surface area contributed by atoms with E-state index in [9.17, 15) is 0 Å². The van der Waals surface area contributed by atoms with Crippen LogP contribution in [0.15, 0.2) is 0 Å². The van der Waals surface area contributed by atoms with Crippen molar-refractivity contribution in [2.24, 2.45) is 5.73 Å². The van der Waals surface area contributed by atoms with Gasteiger partial charge >= 0.3 is 0 Å². The summed E-state index contributed by atoms with van der Waals surface area (Å²) < 4.78 is 0.294. The van der Waals surface area contributed by atoms with E-state index in [0.29, 0.717) is 10.1 Å². The third-order valence-electron chi connectivity index (χ3n) is 0.629. The molecule has 0 rings (SSSR count). The topological polar surface area (TPSA) is 66.5 Å². The lowest BCUT2D eigenvalue weighted by Crippen LogP contribution is -2.17. The van der Waals surface area contributed by atoms with Gasteiger partial charge in [0, 0.05) is 5.75 Å². The zero-order valence-corrected chi connectivity index (χ0v) is 6.41. The first kappa shape index (κ1) is 9.16. The Morgan fingerprint density at radius 1 is 1.78 bits per heavy atom. The second-order valence-electron chi connectivity index (χ2n) is 1.47. The maximum absolute atomic E-state index is 8.72. The van der Waals surface area contributed by atoms with Crippen LogP contribution in [-0.2, 0) is 0 Å². The Morgan fingerprint density at radius 3 is 2.67 bits per heavy atom. The fourth-order valence-corrected chi connectivity index (χ4v) is 0.897. The van der Waals surface area contributed by atoms with E-state index in [-0.39, 0.29) is 6.61 Å². The summed E-state index contributed by atoms with van der Waals surface area (Å²) in [5, 5.41) is 17.0. The quantitative estimate of drug-likeness (QED) is 0.486. The van der Waals surface area contributed by atoms with Crippen LogP contribution in [0.3, 0.4) is 0 Å². The molecule has 0 fully saturated rings. The lowest BCUT2D eigenvalue weighted by Gasteiger charge is -2.03. The number of hydrogen-bond acceptors (Lipinski definition) is 4. The molecule has 0 saturated carbocycles. The van der Waals surface area contributed by atoms with Gasteiger partial charge in [0.05, 0.1) is 12.7 Å². The molecule has 9 heavy (non-hydrogen) atoms. The number of aliphatic hydroxyl groups is 2. The van der Waals surface area contributed by atoms with Crippen molar-refractivity contribution in [1.82, 2.24) is 0 Å². The Balaban J connectivity index is 3.16. The van der Waals surface area contributed by atoms with E-state index in [0.717, 1.165) is 11.8 Å². The molecule has 0 aliphatic heterocycles. The summed E-state index contributed by atoms with van der Waals surface area (Å²) >= 11 is 5.67. The molecular weight excluding hydrogens is 158 g/mol. The van der Waals surface area contributed by atoms with Gasteiger partial charge in [-0.15, -0.1) is 0 Å². The number of hydrogen-bond donors (Lipinski definition) is 3. The molecule has 4 N–H and O–H groups in total. The number of thiocarbonyl (C=S) groups is 1. The number of nitrogens with two attached hydrogens (primary N) is 1. The molecule has 0 aromatic rings. The van der Waals surface area contributed by atoms with Crippen molar-refractivity contribution in [3.8, 4) is 0 Å². The molecule has 0 amide bonds. The summed E-state index contributed by atoms with van der Waals surface area (Å²) in [7, 11) is 0. The number of aliphatic hydroxyl groups excluding tert-OH is 2. The predicted molar refractivity (Wildman–Crippen MR) is 42.3 cm³/mol. The van der Waals surface area contributed by atoms with Crippen molar-refractivity contribution < 1.29 is 10.2 Å². The van der Waals surface area contributed by atoms with Crippen LogP contribution in [0.5, 0.6) is 0 Å². The molecule has 0 saturated heterocycles. The minimum atomic E-state index is -0.712. The Labute approximate surface area is 63.2 Å². The smallest absolute Gasteiger partial charge is 0.131 e. The van der Waals surface area contributed by atoms with E-state index < -0.39 is 6.10 Å². The summed E-state index contributed by atoms with van der Waals surface area (Å²) in [5.41, 5.74) is 5.10. The van der Waals surface area contributed by atoms with Crippen LogP contribution < -0.4 is 5.73 Å². The summed E-state index contributed by atoms with van der Waals surface area (Å²) in [5.74, 6) is 0.367. The zero-order valence-electron chi connectivity index (χ0n) is 4.78. The molecule has 0 aromatic heterocycles. The SMILES string of the molecule is NC(=S)SCC(O)CO. The van der Waals surface area contributed by atoms with E-state index in [1.807, 2.05) is 0 Å². The average molecular weight is 167 g/mol. The molecule has 0 aliphatic rings. The lowest BCUT2D eigenvalue weighted by atomic mass is 10.4. The summed E-state index contributed by atoms with van der Waals surface area (Å²) in [6.45, 7) is -0.240. The molecule has 0 aromatic carbocycles. The van der Waals surface area contributed by atoms with Gasteiger partial charge in [0.1, 0.15) is 4.32 Å². The van der Waals surface area contributed by atoms with Crippen molar-refractivity contribution >= 4 is 28.3 Å². The van der Waals surface area contributed by atoms with Gasteiger partial charge in [0.15, 0.2) is 0 Å². The van der Waals surface area contributed by atoms with Crippen LogP contribution in [0.4, 0.5) is 0 Å². The Morgan fingerprint density at radius 2 is 2.33 bits per heavy atom. The van der Waals surface area contributed by atoms with Gasteiger partial charge in [-0.3, -0.25) is 0 Å². The minimum absolute atomic E-state index is 0.240. The largest absolute Gasteiger partial charge is 0.394 e. The highest BCUT2D eigenvalue weighted by Gasteiger charge is 2.01. The van der Waals surface area contributed by atoms with Crippen molar-refractivity contribution in [2.75, 3.05) is 12.4 Å². The van der Waals surface area contributed by atoms with Gasteiger partial charge < -0.3 is 15.9 Å². The van der Waals surface area contributed by atoms with Gasteiger partial charge in [-0.25, -0.2) is 0 Å². The molecule has 54 valence electrons. The second kappa shape index (κ2) is 4.99. The third-order valence-corrected chi connectivity index (χ3v) is 1.82. The fraction of sp³-hybridized carbons (Fsp3) is 0.750. The number of rotatable bonds is 3. The van der Waals surface area contributed by atoms with Crippen LogP contribution in [0.2, 0.25) is 0 Å². The van der Waals surface area contributed by atoms with Gasteiger partial charge in [-0.2, -0.15) is 0 Å². The van der Waals surface area contributed by atoms with Crippen LogP contribution in [0.1, 0.15) is 0 Å². The van der Waals surface area contributed by atoms with Crippen molar-refractivity contribution in [1.29, 1.82) is 0 Å². The fourth-order valence-electron chi connectivity index (χ4n) is 0.231. The van der Waals surface area contributed by atoms with E-state index in [2.05, 4.69) is 12.2 Å². The highest BCUT2D eigenvalue weighted by molar-refractivity contribution is 8.22. The van der Waals surface area contributed by atoms with Crippen molar-refractivity contribution in [2.45, 2.75) is 6.10 Å². The third kappa shape index (κ3) is 6.04. The van der Waals surface area contributed by atoms with E-state index in [1.165, 1.54) is 0 Å². The molecule has 0 bridgehead atoms. The highest BCUT2D eigenvalue weighted by Crippen LogP contribution is 2.01. The van der Waals surface area contributed by atoms with Gasteiger partial charge in [0.25, 0.3) is 0 Å². The lowest BCUT2D eigenvalue weighted by molar-refractivity contribution is 0.114. The van der Waals surface area contributed by atoms with Crippen LogP contribution in [0.25, 0.3) is 0 Å². The summed E-state index contributed by atoms with van der Waals surface area (Å²) in [4.78, 5) is 0. The van der Waals surface area contributed by atoms with Crippen LogP contribution in [-0.4, -0.2) is 33.0 Å². The molecule has 0 spiro atoms. The van der Waals surface area contributed by atoms with Gasteiger partial charge in [-0.05, 0) is 0 Å². The Hall–Kier alpha value is 0.160. The van der Waals surface area contributed by atoms with Crippen molar-refractivity contribution in [3.63, 3.8) is 0 Å². The molecule has 1 unspecified atom stereocenters. The Bertz CT molecular complexity index is 98.6. The summed E-state index contributed by atoms with van der Waals surface area (Å²) in [6, 6.07) is 0. The summed E-state index contributed by atoms with van der Waals surface area (Å²) in [6.07, 6.45) is -0.712. The number of thioether (sulfide) groups is 1. The van der Waals surface area contributed by atoms with Crippen molar-refractivity contribution in [3.05, 3.63) is 0 Å². The first-order valence-corrected chi connectivity index (χ1v) is 3.77. The standard InChI is InChI=1S/C4H9NO2S2/c5-4(8)9-2-3(7)1-6/h3,6-7H,1-2H2,(H2,5,8). The molecule has 0 heterocycles. The first-order chi connectivity index (χ1) is 4.16. The maximum Gasteiger partial charge on any atom is 0.131 e. The normalized spacial score (nSPS) is 13.1. The van der Waals surface area contributed by atoms with E-state index >= 15 is 0 Å². The first-order valence-electron chi connectivity index (χ1n) is 2.38. The van der Waals surface area contributed by atoms with E-state index in [1.54, 1.807) is 0 Å². The molecule has 3 nitrogen and oxygen atoms in total. The van der Waals surface area contributed by atoms with Crippen LogP contribution >= 0.6 is 24.0 Å². The highest BCUT2D eigenvalue weighted by atomic mass is 32.2. The zero-order chi connectivity index (χ0) is 7.28. The molecule has 0 radical (unpaired) electrons. The van der Waals surface area contributed by atoms with E-state index in [4.69, 9.17) is 15.9 Å². The molecule has 0 aliphatic carbocycles. The maximum atomic E-state index is 8.72. The predicted octanol–water partition coefficient (Wildman–Crippen LogP) is -0.684. The average Bonchev–Trinajstić information content (AvgIpc) is 1.83. The Kier molecular flexibility index (Phi) is 5.07.